The number of ether oxygens (including phenoxy) is 1. The predicted molar refractivity (Wildman–Crippen MR) is 109 cm³/mol. The van der Waals surface area contributed by atoms with E-state index in [-0.39, 0.29) is 12.3 Å². The zero-order valence-electron chi connectivity index (χ0n) is 14.0. The highest BCUT2D eigenvalue weighted by Crippen LogP contribution is 2.21. The van der Waals surface area contributed by atoms with Crippen LogP contribution in [0.3, 0.4) is 0 Å². The summed E-state index contributed by atoms with van der Waals surface area (Å²) in [5, 5.41) is 13.1. The molecule has 26 heavy (non-hydrogen) atoms. The fourth-order valence-corrected chi connectivity index (χ4v) is 2.69. The summed E-state index contributed by atoms with van der Waals surface area (Å²) in [6, 6.07) is 14.6. The molecule has 0 heterocycles. The Balaban J connectivity index is 2.17. The van der Waals surface area contributed by atoms with Gasteiger partial charge in [-0.2, -0.15) is 0 Å². The summed E-state index contributed by atoms with van der Waals surface area (Å²) in [7, 11) is 0. The number of aliphatic carboxylic acids is 1. The van der Waals surface area contributed by atoms with Crippen molar-refractivity contribution in [3.05, 3.63) is 68.6 Å². The van der Waals surface area contributed by atoms with Crippen LogP contribution < -0.4 is 4.74 Å². The van der Waals surface area contributed by atoms with Crippen LogP contribution in [-0.2, 0) is 16.2 Å². The fourth-order valence-electron chi connectivity index (χ4n) is 2.16. The monoisotopic (exact) mass is 481 g/mol. The molecular weight excluding hydrogens is 466 g/mol. The van der Waals surface area contributed by atoms with E-state index in [1.165, 1.54) is 0 Å². The van der Waals surface area contributed by atoms with Crippen LogP contribution in [0.25, 0.3) is 6.08 Å². The van der Waals surface area contributed by atoms with Gasteiger partial charge in [0.2, 0.25) is 0 Å². The van der Waals surface area contributed by atoms with E-state index >= 15 is 0 Å². The van der Waals surface area contributed by atoms with Crippen LogP contribution in [0.4, 0.5) is 0 Å². The topological polar surface area (TPSA) is 68.1 Å². The number of nitrogens with zero attached hydrogens (tertiary/aromatic N) is 1. The van der Waals surface area contributed by atoms with Crippen molar-refractivity contribution >= 4 is 49.6 Å². The van der Waals surface area contributed by atoms with E-state index in [9.17, 15) is 9.90 Å². The van der Waals surface area contributed by atoms with Crippen LogP contribution in [0.1, 0.15) is 23.6 Å². The van der Waals surface area contributed by atoms with Crippen LogP contribution in [-0.4, -0.2) is 23.4 Å². The molecule has 1 N–H and O–H groups in total. The Morgan fingerprint density at radius 2 is 1.85 bits per heavy atom. The SMILES string of the molecule is CCON=C(C(=O)O)c1ccccc1COc1ccc(C=C(Br)Br)cc1. The van der Waals surface area contributed by atoms with Gasteiger partial charge < -0.3 is 14.7 Å². The molecule has 0 saturated carbocycles. The van der Waals surface area contributed by atoms with Gasteiger partial charge in [-0.1, -0.05) is 41.6 Å². The highest BCUT2D eigenvalue weighted by atomic mass is 79.9. The second-order valence-electron chi connectivity index (χ2n) is 5.11. The van der Waals surface area contributed by atoms with E-state index in [0.717, 1.165) is 8.96 Å². The number of oxime groups is 1. The molecule has 2 aromatic rings. The number of benzene rings is 2. The highest BCUT2D eigenvalue weighted by molar-refractivity contribution is 9.28. The van der Waals surface area contributed by atoms with Crippen LogP contribution in [0.2, 0.25) is 0 Å². The van der Waals surface area contributed by atoms with Gasteiger partial charge in [0.05, 0.1) is 3.39 Å². The minimum absolute atomic E-state index is 0.145. The van der Waals surface area contributed by atoms with Gasteiger partial charge in [0, 0.05) is 5.56 Å². The average molecular weight is 483 g/mol. The van der Waals surface area contributed by atoms with E-state index in [2.05, 4.69) is 37.0 Å². The molecule has 0 aliphatic carbocycles. The van der Waals surface area contributed by atoms with Gasteiger partial charge in [0.25, 0.3) is 0 Å². The maximum Gasteiger partial charge on any atom is 0.358 e. The van der Waals surface area contributed by atoms with Gasteiger partial charge in [-0.3, -0.25) is 0 Å². The number of carboxylic acids is 1. The van der Waals surface area contributed by atoms with Gasteiger partial charge in [0.15, 0.2) is 5.71 Å². The largest absolute Gasteiger partial charge is 0.489 e. The van der Waals surface area contributed by atoms with Crippen LogP contribution in [0.15, 0.2) is 57.1 Å². The second-order valence-corrected chi connectivity index (χ2v) is 7.88. The lowest BCUT2D eigenvalue weighted by Gasteiger charge is -2.11. The Hall–Kier alpha value is -2.12. The van der Waals surface area contributed by atoms with E-state index in [0.29, 0.717) is 23.5 Å². The van der Waals surface area contributed by atoms with Gasteiger partial charge in [-0.25, -0.2) is 4.79 Å². The first kappa shape index (κ1) is 20.2. The summed E-state index contributed by atoms with van der Waals surface area (Å²) >= 11 is 6.64. The Labute approximate surface area is 168 Å². The number of rotatable bonds is 8. The maximum absolute atomic E-state index is 11.5. The zero-order chi connectivity index (χ0) is 18.9. The van der Waals surface area contributed by atoms with E-state index in [4.69, 9.17) is 9.57 Å². The molecule has 2 aromatic carbocycles. The fraction of sp³-hybridized carbons (Fsp3) is 0.158. The predicted octanol–water partition coefficient (Wildman–Crippen LogP) is 5.18. The minimum Gasteiger partial charge on any atom is -0.489 e. The summed E-state index contributed by atoms with van der Waals surface area (Å²) in [5.41, 5.74) is 2.05. The lowest BCUT2D eigenvalue weighted by molar-refractivity contribution is -0.129. The number of carboxylic acid groups (broad SMARTS) is 1. The molecule has 0 bridgehead atoms. The first-order valence-corrected chi connectivity index (χ1v) is 9.37. The van der Waals surface area contributed by atoms with Gasteiger partial charge >= 0.3 is 5.97 Å². The third-order valence-electron chi connectivity index (χ3n) is 3.31. The van der Waals surface area contributed by atoms with E-state index < -0.39 is 5.97 Å². The molecule has 0 unspecified atom stereocenters. The molecule has 0 fully saturated rings. The molecule has 7 heteroatoms. The number of hydrogen-bond acceptors (Lipinski definition) is 4. The lowest BCUT2D eigenvalue weighted by atomic mass is 10.0. The van der Waals surface area contributed by atoms with Crippen molar-refractivity contribution in [1.29, 1.82) is 0 Å². The molecule has 0 aliphatic rings. The van der Waals surface area contributed by atoms with Crippen molar-refractivity contribution in [2.45, 2.75) is 13.5 Å². The van der Waals surface area contributed by atoms with Crippen LogP contribution >= 0.6 is 31.9 Å². The maximum atomic E-state index is 11.5. The summed E-state index contributed by atoms with van der Waals surface area (Å²) in [6.45, 7) is 2.25. The average Bonchev–Trinajstić information content (AvgIpc) is 2.61. The quantitative estimate of drug-likeness (QED) is 0.415. The van der Waals surface area contributed by atoms with Crippen molar-refractivity contribution < 1.29 is 19.5 Å². The summed E-state index contributed by atoms with van der Waals surface area (Å²) in [4.78, 5) is 16.4. The molecule has 0 atom stereocenters. The number of carbonyl (C=O) groups is 1. The van der Waals surface area contributed by atoms with Crippen molar-refractivity contribution in [3.8, 4) is 5.75 Å². The first-order chi connectivity index (χ1) is 12.5. The van der Waals surface area contributed by atoms with Crippen LogP contribution in [0.5, 0.6) is 5.75 Å². The van der Waals surface area contributed by atoms with Crippen molar-refractivity contribution in [2.75, 3.05) is 6.61 Å². The highest BCUT2D eigenvalue weighted by Gasteiger charge is 2.17. The van der Waals surface area contributed by atoms with Crippen molar-refractivity contribution in [3.63, 3.8) is 0 Å². The Morgan fingerprint density at radius 3 is 2.46 bits per heavy atom. The normalized spacial score (nSPS) is 11.0. The Bertz CT molecular complexity index is 813. The van der Waals surface area contributed by atoms with Crippen molar-refractivity contribution in [2.24, 2.45) is 5.16 Å². The van der Waals surface area contributed by atoms with E-state index in [1.807, 2.05) is 36.4 Å². The van der Waals surface area contributed by atoms with E-state index in [1.54, 1.807) is 25.1 Å². The third kappa shape index (κ3) is 6.00. The minimum atomic E-state index is -1.15. The second kappa shape index (κ2) is 10.1. The Kier molecular flexibility index (Phi) is 7.87. The molecule has 5 nitrogen and oxygen atoms in total. The summed E-state index contributed by atoms with van der Waals surface area (Å²) < 4.78 is 6.64. The molecule has 0 amide bonds. The molecule has 0 aromatic heterocycles. The molecular formula is C19H17Br2NO4. The lowest BCUT2D eigenvalue weighted by Crippen LogP contribution is -2.18. The summed E-state index contributed by atoms with van der Waals surface area (Å²) in [5.74, 6) is -0.469. The van der Waals surface area contributed by atoms with Gasteiger partial charge in [-0.15, -0.1) is 0 Å². The molecule has 0 aliphatic heterocycles. The third-order valence-corrected chi connectivity index (χ3v) is 3.77. The van der Waals surface area contributed by atoms with Gasteiger partial charge in [0.1, 0.15) is 19.0 Å². The smallest absolute Gasteiger partial charge is 0.358 e. The standard InChI is InChI=1S/C19H17Br2NO4/c1-2-26-22-18(19(23)24)16-6-4-3-5-14(16)12-25-15-9-7-13(8-10-15)11-17(20)21/h3-11H,2,12H2,1H3,(H,23,24). The number of halogens is 2. The molecule has 136 valence electrons. The first-order valence-electron chi connectivity index (χ1n) is 7.78. The zero-order valence-corrected chi connectivity index (χ0v) is 17.2. The van der Waals surface area contributed by atoms with Crippen LogP contribution in [0, 0.1) is 0 Å². The Morgan fingerprint density at radius 1 is 1.15 bits per heavy atom. The molecule has 0 spiro atoms. The van der Waals surface area contributed by atoms with Crippen molar-refractivity contribution in [1.82, 2.24) is 0 Å². The van der Waals surface area contributed by atoms with Gasteiger partial charge in [-0.05, 0) is 68.1 Å². The summed E-state index contributed by atoms with van der Waals surface area (Å²) in [6.07, 6.45) is 1.92. The molecule has 0 saturated heterocycles. The number of hydrogen-bond donors (Lipinski definition) is 1. The molecule has 0 radical (unpaired) electrons. The molecule has 2 rings (SSSR count).